The highest BCUT2D eigenvalue weighted by Gasteiger charge is 2.30. The summed E-state index contributed by atoms with van der Waals surface area (Å²) in [7, 11) is 0. The highest BCUT2D eigenvalue weighted by atomic mass is 19.4. The van der Waals surface area contributed by atoms with Crippen molar-refractivity contribution in [3.8, 4) is 0 Å². The zero-order valence-corrected chi connectivity index (χ0v) is 8.25. The van der Waals surface area contributed by atoms with Crippen molar-refractivity contribution in [1.29, 1.82) is 0 Å². The lowest BCUT2D eigenvalue weighted by Crippen LogP contribution is -2.06. The van der Waals surface area contributed by atoms with Crippen LogP contribution < -0.4 is 0 Å². The zero-order valence-electron chi connectivity index (χ0n) is 8.25. The number of hydrogen-bond donors (Lipinski definition) is 0. The molecule has 0 spiro atoms. The summed E-state index contributed by atoms with van der Waals surface area (Å²) >= 11 is 0. The van der Waals surface area contributed by atoms with Crippen LogP contribution >= 0.6 is 0 Å². The number of benzene rings is 1. The Morgan fingerprint density at radius 2 is 2.12 bits per heavy atom. The highest BCUT2D eigenvalue weighted by Crippen LogP contribution is 2.29. The van der Waals surface area contributed by atoms with Gasteiger partial charge in [0.2, 0.25) is 0 Å². The van der Waals surface area contributed by atoms with Crippen LogP contribution in [-0.2, 0) is 22.3 Å². The van der Waals surface area contributed by atoms with Gasteiger partial charge in [-0.1, -0.05) is 18.7 Å². The number of alkyl halides is 3. The van der Waals surface area contributed by atoms with E-state index in [0.717, 1.165) is 18.2 Å². The van der Waals surface area contributed by atoms with Crippen LogP contribution in [-0.4, -0.2) is 5.97 Å². The van der Waals surface area contributed by atoms with Crippen molar-refractivity contribution in [3.05, 3.63) is 48.0 Å². The Balaban J connectivity index is 2.75. The second kappa shape index (κ2) is 4.83. The highest BCUT2D eigenvalue weighted by molar-refractivity contribution is 5.81. The molecule has 0 amide bonds. The molecule has 2 nitrogen and oxygen atoms in total. The fourth-order valence-corrected chi connectivity index (χ4v) is 1.05. The Kier molecular flexibility index (Phi) is 3.71. The van der Waals surface area contributed by atoms with Crippen LogP contribution in [0, 0.1) is 0 Å². The second-order valence-corrected chi connectivity index (χ2v) is 3.01. The number of esters is 1. The van der Waals surface area contributed by atoms with E-state index in [1.807, 2.05) is 0 Å². The summed E-state index contributed by atoms with van der Waals surface area (Å²) in [6.07, 6.45) is -3.44. The zero-order chi connectivity index (χ0) is 12.2. The minimum atomic E-state index is -4.39. The third-order valence-corrected chi connectivity index (χ3v) is 1.80. The molecule has 16 heavy (non-hydrogen) atoms. The van der Waals surface area contributed by atoms with Crippen molar-refractivity contribution in [2.45, 2.75) is 12.8 Å². The van der Waals surface area contributed by atoms with E-state index in [1.165, 1.54) is 12.1 Å². The summed E-state index contributed by atoms with van der Waals surface area (Å²) in [5.74, 6) is -0.669. The molecule has 5 heteroatoms. The average molecular weight is 230 g/mol. The molecule has 1 aromatic rings. The Morgan fingerprint density at radius 3 is 2.69 bits per heavy atom. The molecule has 0 aliphatic heterocycles. The lowest BCUT2D eigenvalue weighted by atomic mass is 10.1. The fraction of sp³-hybridized carbons (Fsp3) is 0.182. The number of carbonyl (C=O) groups is 1. The number of hydrogen-bond acceptors (Lipinski definition) is 2. The monoisotopic (exact) mass is 230 g/mol. The molecule has 0 heterocycles. The van der Waals surface area contributed by atoms with Gasteiger partial charge in [0.05, 0.1) is 5.56 Å². The predicted octanol–water partition coefficient (Wildman–Crippen LogP) is 2.93. The van der Waals surface area contributed by atoms with Crippen molar-refractivity contribution in [2.75, 3.05) is 0 Å². The largest absolute Gasteiger partial charge is 0.458 e. The second-order valence-electron chi connectivity index (χ2n) is 3.01. The van der Waals surface area contributed by atoms with Crippen molar-refractivity contribution in [1.82, 2.24) is 0 Å². The van der Waals surface area contributed by atoms with Crippen LogP contribution in [0.5, 0.6) is 0 Å². The van der Waals surface area contributed by atoms with Crippen molar-refractivity contribution < 1.29 is 22.7 Å². The molecule has 0 bridgehead atoms. The Labute approximate surface area is 90.3 Å². The number of rotatable bonds is 3. The smallest absolute Gasteiger partial charge is 0.416 e. The Hall–Kier alpha value is -1.78. The summed E-state index contributed by atoms with van der Waals surface area (Å²) in [5.41, 5.74) is -0.482. The van der Waals surface area contributed by atoms with Crippen LogP contribution in [0.4, 0.5) is 13.2 Å². The van der Waals surface area contributed by atoms with Gasteiger partial charge >= 0.3 is 12.1 Å². The summed E-state index contributed by atoms with van der Waals surface area (Å²) in [5, 5.41) is 0. The van der Waals surface area contributed by atoms with Crippen LogP contribution in [0.2, 0.25) is 0 Å². The average Bonchev–Trinajstić information content (AvgIpc) is 2.25. The van der Waals surface area contributed by atoms with Crippen molar-refractivity contribution in [2.24, 2.45) is 0 Å². The fourth-order valence-electron chi connectivity index (χ4n) is 1.05. The number of halogens is 3. The van der Waals surface area contributed by atoms with Gasteiger partial charge in [0.1, 0.15) is 6.61 Å². The molecule has 0 fully saturated rings. The van der Waals surface area contributed by atoms with Crippen LogP contribution in [0.3, 0.4) is 0 Å². The maximum absolute atomic E-state index is 12.3. The first kappa shape index (κ1) is 12.3. The maximum Gasteiger partial charge on any atom is 0.416 e. The number of carbonyl (C=O) groups excluding carboxylic acids is 1. The molecule has 0 aliphatic rings. The first-order valence-electron chi connectivity index (χ1n) is 4.39. The standard InChI is InChI=1S/C11H9F3O2/c1-2-10(15)16-7-8-4-3-5-9(6-8)11(12,13)14/h2-6H,1,7H2. The summed E-state index contributed by atoms with van der Waals surface area (Å²) in [6, 6.07) is 4.61. The molecular formula is C11H9F3O2. The topological polar surface area (TPSA) is 26.3 Å². The Morgan fingerprint density at radius 1 is 1.44 bits per heavy atom. The molecule has 0 aliphatic carbocycles. The van der Waals surface area contributed by atoms with E-state index < -0.39 is 17.7 Å². The van der Waals surface area contributed by atoms with E-state index in [9.17, 15) is 18.0 Å². The summed E-state index contributed by atoms with van der Waals surface area (Å²) in [6.45, 7) is 2.98. The van der Waals surface area contributed by atoms with Gasteiger partial charge in [-0.3, -0.25) is 0 Å². The molecule has 1 rings (SSSR count). The van der Waals surface area contributed by atoms with E-state index in [4.69, 9.17) is 0 Å². The lowest BCUT2D eigenvalue weighted by molar-refractivity contribution is -0.139. The number of ether oxygens (including phenoxy) is 1. The normalized spacial score (nSPS) is 10.9. The lowest BCUT2D eigenvalue weighted by Gasteiger charge is -2.08. The molecule has 1 aromatic carbocycles. The molecule has 0 atom stereocenters. The van der Waals surface area contributed by atoms with Gasteiger partial charge < -0.3 is 4.74 Å². The molecular weight excluding hydrogens is 221 g/mol. The predicted molar refractivity (Wildman–Crippen MR) is 51.4 cm³/mol. The third kappa shape index (κ3) is 3.42. The van der Waals surface area contributed by atoms with E-state index in [2.05, 4.69) is 11.3 Å². The minimum Gasteiger partial charge on any atom is -0.458 e. The van der Waals surface area contributed by atoms with E-state index in [1.54, 1.807) is 0 Å². The molecule has 0 N–H and O–H groups in total. The first-order valence-corrected chi connectivity index (χ1v) is 4.39. The molecule has 0 saturated carbocycles. The summed E-state index contributed by atoms with van der Waals surface area (Å²) in [4.78, 5) is 10.7. The van der Waals surface area contributed by atoms with Gasteiger partial charge in [0.25, 0.3) is 0 Å². The molecule has 0 unspecified atom stereocenters. The molecule has 0 saturated heterocycles. The van der Waals surface area contributed by atoms with Gasteiger partial charge in [-0.15, -0.1) is 0 Å². The van der Waals surface area contributed by atoms with Crippen LogP contribution in [0.15, 0.2) is 36.9 Å². The molecule has 0 radical (unpaired) electrons. The van der Waals surface area contributed by atoms with Gasteiger partial charge in [0.15, 0.2) is 0 Å². The quantitative estimate of drug-likeness (QED) is 0.589. The van der Waals surface area contributed by atoms with Crippen molar-refractivity contribution in [3.63, 3.8) is 0 Å². The minimum absolute atomic E-state index is 0.200. The van der Waals surface area contributed by atoms with Gasteiger partial charge in [-0.05, 0) is 17.7 Å². The SMILES string of the molecule is C=CC(=O)OCc1cccc(C(F)(F)F)c1. The van der Waals surface area contributed by atoms with Gasteiger partial charge in [-0.2, -0.15) is 13.2 Å². The summed E-state index contributed by atoms with van der Waals surface area (Å²) < 4.78 is 41.5. The van der Waals surface area contributed by atoms with Crippen molar-refractivity contribution >= 4 is 5.97 Å². The maximum atomic E-state index is 12.3. The van der Waals surface area contributed by atoms with Gasteiger partial charge in [0, 0.05) is 6.08 Å². The van der Waals surface area contributed by atoms with Crippen LogP contribution in [0.25, 0.3) is 0 Å². The van der Waals surface area contributed by atoms with Crippen LogP contribution in [0.1, 0.15) is 11.1 Å². The molecule has 86 valence electrons. The first-order chi connectivity index (χ1) is 7.43. The van der Waals surface area contributed by atoms with E-state index in [-0.39, 0.29) is 12.2 Å². The van der Waals surface area contributed by atoms with E-state index in [0.29, 0.717) is 0 Å². The van der Waals surface area contributed by atoms with E-state index >= 15 is 0 Å². The third-order valence-electron chi connectivity index (χ3n) is 1.80. The van der Waals surface area contributed by atoms with Gasteiger partial charge in [-0.25, -0.2) is 4.79 Å². The Bertz CT molecular complexity index is 396. The molecule has 0 aromatic heterocycles.